The summed E-state index contributed by atoms with van der Waals surface area (Å²) in [6.45, 7) is 8.16. The molecule has 1 heterocycles. The molecule has 0 aromatic heterocycles. The maximum Gasteiger partial charge on any atom is 0.163 e. The zero-order valence-electron chi connectivity index (χ0n) is 16.5. The van der Waals surface area contributed by atoms with Crippen molar-refractivity contribution in [2.75, 3.05) is 0 Å². The van der Waals surface area contributed by atoms with E-state index in [2.05, 4.69) is 13.8 Å². The number of ether oxygens (including phenoxy) is 1. The summed E-state index contributed by atoms with van der Waals surface area (Å²) >= 11 is 0. The van der Waals surface area contributed by atoms with Crippen LogP contribution >= 0.6 is 0 Å². The minimum atomic E-state index is -0.410. The summed E-state index contributed by atoms with van der Waals surface area (Å²) in [6, 6.07) is 7.64. The molecule has 144 valence electrons. The van der Waals surface area contributed by atoms with Gasteiger partial charge in [0.25, 0.3) is 0 Å². The lowest BCUT2D eigenvalue weighted by Crippen LogP contribution is -2.50. The molecule has 1 aromatic rings. The second-order valence-corrected chi connectivity index (χ2v) is 10.0. The molecule has 0 radical (unpaired) electrons. The molecule has 27 heavy (non-hydrogen) atoms. The van der Waals surface area contributed by atoms with E-state index in [4.69, 9.17) is 4.74 Å². The van der Waals surface area contributed by atoms with E-state index in [1.54, 1.807) is 0 Å². The van der Waals surface area contributed by atoms with E-state index in [1.807, 2.05) is 38.1 Å². The molecule has 1 aromatic carbocycles. The van der Waals surface area contributed by atoms with Crippen LogP contribution in [0.1, 0.15) is 64.9 Å². The molecule has 0 spiro atoms. The van der Waals surface area contributed by atoms with Crippen molar-refractivity contribution in [3.63, 3.8) is 0 Å². The third kappa shape index (κ3) is 3.09. The Morgan fingerprint density at radius 1 is 1.00 bits per heavy atom. The van der Waals surface area contributed by atoms with Crippen molar-refractivity contribution in [1.29, 1.82) is 0 Å². The van der Waals surface area contributed by atoms with Gasteiger partial charge in [0.05, 0.1) is 5.92 Å². The van der Waals surface area contributed by atoms with Crippen LogP contribution in [0.25, 0.3) is 0 Å². The van der Waals surface area contributed by atoms with Crippen molar-refractivity contribution < 1.29 is 19.4 Å². The molecule has 0 bridgehead atoms. The van der Waals surface area contributed by atoms with Crippen LogP contribution in [0.2, 0.25) is 0 Å². The predicted octanol–water partition coefficient (Wildman–Crippen LogP) is 4.74. The number of allylic oxidation sites excluding steroid dienone is 2. The molecule has 0 unspecified atom stereocenters. The molecule has 4 heteroatoms. The summed E-state index contributed by atoms with van der Waals surface area (Å²) < 4.78 is 6.24. The smallest absolute Gasteiger partial charge is 0.163 e. The SMILES string of the molecule is CC1(C)CC(=O)C([C@H]2c3ccccc3O[C@H]3CC(C)(C)CC(=O)[C@@H]32)=C(O)C1. The van der Waals surface area contributed by atoms with Gasteiger partial charge in [-0.05, 0) is 23.3 Å². The van der Waals surface area contributed by atoms with E-state index in [-0.39, 0.29) is 34.3 Å². The minimum absolute atomic E-state index is 0.0400. The summed E-state index contributed by atoms with van der Waals surface area (Å²) in [5, 5.41) is 10.8. The first kappa shape index (κ1) is 18.3. The first-order chi connectivity index (χ1) is 12.6. The summed E-state index contributed by atoms with van der Waals surface area (Å²) in [4.78, 5) is 26.2. The van der Waals surface area contributed by atoms with Crippen LogP contribution in [0.4, 0.5) is 0 Å². The molecule has 3 atom stereocenters. The number of benzene rings is 1. The van der Waals surface area contributed by atoms with Crippen LogP contribution in [0.5, 0.6) is 5.75 Å². The Morgan fingerprint density at radius 3 is 2.41 bits per heavy atom. The molecule has 1 saturated carbocycles. The van der Waals surface area contributed by atoms with E-state index in [0.717, 1.165) is 17.7 Å². The molecular weight excluding hydrogens is 340 g/mol. The van der Waals surface area contributed by atoms with Gasteiger partial charge in [-0.2, -0.15) is 0 Å². The van der Waals surface area contributed by atoms with Gasteiger partial charge in [0.2, 0.25) is 0 Å². The van der Waals surface area contributed by atoms with E-state index < -0.39 is 11.8 Å². The Balaban J connectivity index is 1.87. The Hall–Kier alpha value is -2.10. The van der Waals surface area contributed by atoms with Crippen molar-refractivity contribution in [1.82, 2.24) is 0 Å². The van der Waals surface area contributed by atoms with Gasteiger partial charge in [0.15, 0.2) is 5.78 Å². The van der Waals surface area contributed by atoms with Gasteiger partial charge in [-0.15, -0.1) is 0 Å². The lowest BCUT2D eigenvalue weighted by molar-refractivity contribution is -0.135. The highest BCUT2D eigenvalue weighted by Crippen LogP contribution is 2.53. The fourth-order valence-corrected chi connectivity index (χ4v) is 5.25. The average molecular weight is 368 g/mol. The van der Waals surface area contributed by atoms with Crippen LogP contribution in [0.15, 0.2) is 35.6 Å². The summed E-state index contributed by atoms with van der Waals surface area (Å²) in [7, 11) is 0. The van der Waals surface area contributed by atoms with Crippen LogP contribution in [0, 0.1) is 16.7 Å². The van der Waals surface area contributed by atoms with Gasteiger partial charge >= 0.3 is 0 Å². The van der Waals surface area contributed by atoms with Gasteiger partial charge in [-0.3, -0.25) is 9.59 Å². The molecule has 2 aliphatic carbocycles. The average Bonchev–Trinajstić information content (AvgIpc) is 2.50. The van der Waals surface area contributed by atoms with Gasteiger partial charge in [-0.25, -0.2) is 0 Å². The number of Topliss-reactive ketones (excluding diaryl/α,β-unsaturated/α-hetero) is 2. The maximum atomic E-state index is 13.2. The van der Waals surface area contributed by atoms with Gasteiger partial charge < -0.3 is 9.84 Å². The summed E-state index contributed by atoms with van der Waals surface area (Å²) in [5.41, 5.74) is 0.909. The highest BCUT2D eigenvalue weighted by molar-refractivity contribution is 6.00. The van der Waals surface area contributed by atoms with Crippen molar-refractivity contribution in [3.8, 4) is 5.75 Å². The Morgan fingerprint density at radius 2 is 1.70 bits per heavy atom. The quantitative estimate of drug-likeness (QED) is 0.778. The Labute approximate surface area is 160 Å². The molecule has 1 N–H and O–H groups in total. The minimum Gasteiger partial charge on any atom is -0.512 e. The number of hydrogen-bond donors (Lipinski definition) is 1. The van der Waals surface area contributed by atoms with Crippen LogP contribution in [-0.4, -0.2) is 22.8 Å². The number of aliphatic hydroxyl groups is 1. The largest absolute Gasteiger partial charge is 0.512 e. The topological polar surface area (TPSA) is 63.6 Å². The lowest BCUT2D eigenvalue weighted by Gasteiger charge is -2.47. The standard InChI is InChI=1S/C23H28O4/c1-22(2)9-14(24)20(15(25)10-22)19-13-7-5-6-8-17(13)27-18-12-23(3,4)11-16(26)21(18)19/h5-8,18-19,21,24H,9-12H2,1-4H3/t18-,19+,21-/m0/s1. The fraction of sp³-hybridized carbons (Fsp3) is 0.565. The number of ketones is 2. The zero-order valence-corrected chi connectivity index (χ0v) is 16.5. The molecule has 0 amide bonds. The number of para-hydroxylation sites is 1. The molecule has 1 aliphatic heterocycles. The zero-order chi connectivity index (χ0) is 19.6. The normalized spacial score (nSPS) is 31.8. The Bertz CT molecular complexity index is 846. The predicted molar refractivity (Wildman–Crippen MR) is 103 cm³/mol. The first-order valence-electron chi connectivity index (χ1n) is 9.81. The van der Waals surface area contributed by atoms with Crippen molar-refractivity contribution in [2.24, 2.45) is 16.7 Å². The number of fused-ring (bicyclic) bond motifs is 2. The van der Waals surface area contributed by atoms with Gasteiger partial charge in [0, 0.05) is 36.3 Å². The van der Waals surface area contributed by atoms with E-state index in [9.17, 15) is 14.7 Å². The fourth-order valence-electron chi connectivity index (χ4n) is 5.25. The van der Waals surface area contributed by atoms with E-state index in [1.165, 1.54) is 0 Å². The number of rotatable bonds is 1. The van der Waals surface area contributed by atoms with Crippen LogP contribution in [-0.2, 0) is 9.59 Å². The third-order valence-electron chi connectivity index (χ3n) is 6.28. The molecule has 1 fully saturated rings. The van der Waals surface area contributed by atoms with Crippen molar-refractivity contribution in [2.45, 2.75) is 65.4 Å². The lowest BCUT2D eigenvalue weighted by atomic mass is 9.61. The molecule has 0 saturated heterocycles. The summed E-state index contributed by atoms with van der Waals surface area (Å²) in [6.07, 6.45) is 1.84. The van der Waals surface area contributed by atoms with Crippen molar-refractivity contribution >= 4 is 11.6 Å². The molecule has 3 aliphatic rings. The number of hydrogen-bond acceptors (Lipinski definition) is 4. The van der Waals surface area contributed by atoms with E-state index in [0.29, 0.717) is 24.8 Å². The first-order valence-corrected chi connectivity index (χ1v) is 9.81. The van der Waals surface area contributed by atoms with Gasteiger partial charge in [-0.1, -0.05) is 45.9 Å². The third-order valence-corrected chi connectivity index (χ3v) is 6.28. The molecule has 4 rings (SSSR count). The van der Waals surface area contributed by atoms with Crippen molar-refractivity contribution in [3.05, 3.63) is 41.2 Å². The second-order valence-electron chi connectivity index (χ2n) is 10.0. The van der Waals surface area contributed by atoms with Crippen LogP contribution in [0.3, 0.4) is 0 Å². The highest BCUT2D eigenvalue weighted by Gasteiger charge is 2.52. The summed E-state index contributed by atoms with van der Waals surface area (Å²) in [5.74, 6) is 0.152. The van der Waals surface area contributed by atoms with Gasteiger partial charge in [0.1, 0.15) is 23.4 Å². The highest BCUT2D eigenvalue weighted by atomic mass is 16.5. The Kier molecular flexibility index (Phi) is 4.03. The van der Waals surface area contributed by atoms with E-state index >= 15 is 0 Å². The monoisotopic (exact) mass is 368 g/mol. The number of carbonyl (C=O) groups excluding carboxylic acids is 2. The second kappa shape index (κ2) is 5.95. The number of carbonyl (C=O) groups is 2. The molecular formula is C23H28O4. The van der Waals surface area contributed by atoms with Crippen LogP contribution < -0.4 is 4.74 Å². The molecule has 4 nitrogen and oxygen atoms in total. The maximum absolute atomic E-state index is 13.2. The number of aliphatic hydroxyl groups excluding tert-OH is 1.